The third kappa shape index (κ3) is 2.56. The number of hydrogen-bond acceptors (Lipinski definition) is 5. The van der Waals surface area contributed by atoms with Gasteiger partial charge < -0.3 is 15.3 Å². The number of aromatic nitrogens is 2. The molecular formula is C13H16N4O4S. The van der Waals surface area contributed by atoms with Crippen molar-refractivity contribution in [2.45, 2.75) is 37.2 Å². The van der Waals surface area contributed by atoms with Crippen LogP contribution in [-0.2, 0) is 20.9 Å². The number of fused-ring (bicyclic) bond motifs is 1. The number of carboxylic acid groups (broad SMARTS) is 1. The van der Waals surface area contributed by atoms with Crippen molar-refractivity contribution in [1.82, 2.24) is 14.7 Å². The summed E-state index contributed by atoms with van der Waals surface area (Å²) in [7, 11) is 0. The summed E-state index contributed by atoms with van der Waals surface area (Å²) in [6.45, 7) is 1.72. The van der Waals surface area contributed by atoms with Gasteiger partial charge in [-0.1, -0.05) is 0 Å². The van der Waals surface area contributed by atoms with Gasteiger partial charge in [-0.05, 0) is 13.3 Å². The van der Waals surface area contributed by atoms with Crippen molar-refractivity contribution >= 4 is 35.4 Å². The highest BCUT2D eigenvalue weighted by Crippen LogP contribution is 2.47. The van der Waals surface area contributed by atoms with Gasteiger partial charge in [0.2, 0.25) is 11.8 Å². The zero-order chi connectivity index (χ0) is 15.9. The van der Waals surface area contributed by atoms with Gasteiger partial charge in [0.15, 0.2) is 5.82 Å². The first-order chi connectivity index (χ1) is 10.4. The lowest BCUT2D eigenvalue weighted by atomic mass is 10.2. The number of thioether (sulfide) groups is 1. The van der Waals surface area contributed by atoms with Crippen LogP contribution in [0.2, 0.25) is 0 Å². The molecule has 0 saturated carbocycles. The smallest absolute Gasteiger partial charge is 0.325 e. The normalized spacial score (nSPS) is 27.0. The average Bonchev–Trinajstić information content (AvgIpc) is 3.07. The van der Waals surface area contributed by atoms with E-state index in [4.69, 9.17) is 5.11 Å². The number of rotatable bonds is 4. The van der Waals surface area contributed by atoms with E-state index in [1.165, 1.54) is 16.9 Å². The van der Waals surface area contributed by atoms with Crippen LogP contribution in [-0.4, -0.2) is 54.2 Å². The summed E-state index contributed by atoms with van der Waals surface area (Å²) < 4.78 is 1.23. The van der Waals surface area contributed by atoms with Crippen molar-refractivity contribution < 1.29 is 19.5 Å². The number of hydrogen-bond donors (Lipinski definition) is 2. The predicted octanol–water partition coefficient (Wildman–Crippen LogP) is 0.360. The number of carbonyl (C=O) groups excluding carboxylic acids is 2. The Bertz CT molecular complexity index is 646. The summed E-state index contributed by atoms with van der Waals surface area (Å²) in [6, 6.07) is 1.03. The van der Waals surface area contributed by atoms with Crippen LogP contribution in [0.3, 0.4) is 0 Å². The molecule has 0 aromatic carbocycles. The van der Waals surface area contributed by atoms with Crippen LogP contribution in [0.1, 0.15) is 19.8 Å². The molecule has 1 aromatic rings. The predicted molar refractivity (Wildman–Crippen MR) is 79.2 cm³/mol. The minimum absolute atomic E-state index is 0.00376. The second-order valence-corrected chi connectivity index (χ2v) is 7.05. The van der Waals surface area contributed by atoms with E-state index >= 15 is 0 Å². The van der Waals surface area contributed by atoms with Gasteiger partial charge >= 0.3 is 5.97 Å². The fourth-order valence-electron chi connectivity index (χ4n) is 2.88. The Labute approximate surface area is 130 Å². The van der Waals surface area contributed by atoms with Crippen molar-refractivity contribution in [3.63, 3.8) is 0 Å². The summed E-state index contributed by atoms with van der Waals surface area (Å²) >= 11 is 1.62. The molecule has 0 spiro atoms. The van der Waals surface area contributed by atoms with Gasteiger partial charge in [0.05, 0.1) is 4.87 Å². The van der Waals surface area contributed by atoms with Crippen LogP contribution >= 0.6 is 11.8 Å². The Kier molecular flexibility index (Phi) is 3.59. The number of amides is 2. The van der Waals surface area contributed by atoms with E-state index in [9.17, 15) is 14.4 Å². The maximum absolute atomic E-state index is 12.4. The molecule has 2 amide bonds. The lowest BCUT2D eigenvalue weighted by Crippen LogP contribution is -2.48. The fraction of sp³-hybridized carbons (Fsp3) is 0.538. The van der Waals surface area contributed by atoms with E-state index in [2.05, 4.69) is 10.4 Å². The van der Waals surface area contributed by atoms with Gasteiger partial charge in [-0.3, -0.25) is 19.1 Å². The second kappa shape index (κ2) is 5.31. The lowest BCUT2D eigenvalue weighted by molar-refractivity contribution is -0.138. The fourth-order valence-corrected chi connectivity index (χ4v) is 4.31. The zero-order valence-corrected chi connectivity index (χ0v) is 12.8. The molecule has 2 saturated heterocycles. The van der Waals surface area contributed by atoms with Crippen LogP contribution in [0, 0.1) is 0 Å². The SMILES string of the molecule is C[C@@]12CCC(=O)N1[C@H](C(=O)Nc1ccn(CC(=O)O)n1)CS2. The summed E-state index contributed by atoms with van der Waals surface area (Å²) in [4.78, 5) is 36.4. The highest BCUT2D eigenvalue weighted by Gasteiger charge is 2.52. The molecule has 9 heteroatoms. The molecule has 2 fully saturated rings. The van der Waals surface area contributed by atoms with Crippen LogP contribution in [0.5, 0.6) is 0 Å². The van der Waals surface area contributed by atoms with Gasteiger partial charge in [-0.2, -0.15) is 5.10 Å². The molecule has 2 aliphatic rings. The molecular weight excluding hydrogens is 308 g/mol. The minimum Gasteiger partial charge on any atom is -0.480 e. The van der Waals surface area contributed by atoms with Crippen molar-refractivity contribution in [1.29, 1.82) is 0 Å². The highest BCUT2D eigenvalue weighted by molar-refractivity contribution is 8.01. The number of anilines is 1. The first-order valence-electron chi connectivity index (χ1n) is 6.91. The zero-order valence-electron chi connectivity index (χ0n) is 12.0. The molecule has 2 atom stereocenters. The molecule has 3 heterocycles. The van der Waals surface area contributed by atoms with Crippen molar-refractivity contribution in [3.05, 3.63) is 12.3 Å². The first-order valence-corrected chi connectivity index (χ1v) is 7.90. The molecule has 1 aromatic heterocycles. The standard InChI is InChI=1S/C13H16N4O4S/c1-13-4-2-10(18)17(13)8(7-22-13)12(21)14-9-3-5-16(15-9)6-11(19)20/h3,5,8H,2,4,6-7H2,1H3,(H,19,20)(H,14,15,21)/t8-,13+/m0/s1. The summed E-state index contributed by atoms with van der Waals surface area (Å²) in [5.41, 5.74) is 0. The number of carboxylic acids is 1. The Morgan fingerprint density at radius 1 is 1.59 bits per heavy atom. The number of aliphatic carboxylic acids is 1. The van der Waals surface area contributed by atoms with E-state index < -0.39 is 12.0 Å². The molecule has 2 N–H and O–H groups in total. The Balaban J connectivity index is 1.68. The van der Waals surface area contributed by atoms with Crippen molar-refractivity contribution in [3.8, 4) is 0 Å². The van der Waals surface area contributed by atoms with Crippen LogP contribution in [0.25, 0.3) is 0 Å². The van der Waals surface area contributed by atoms with Gasteiger partial charge in [0, 0.05) is 24.4 Å². The largest absolute Gasteiger partial charge is 0.480 e. The first kappa shape index (κ1) is 14.9. The van der Waals surface area contributed by atoms with E-state index in [0.717, 1.165) is 6.42 Å². The van der Waals surface area contributed by atoms with Crippen LogP contribution < -0.4 is 5.32 Å². The van der Waals surface area contributed by atoms with Gasteiger partial charge in [0.1, 0.15) is 12.6 Å². The number of nitrogens with zero attached hydrogens (tertiary/aromatic N) is 3. The molecule has 22 heavy (non-hydrogen) atoms. The van der Waals surface area contributed by atoms with Crippen LogP contribution in [0.15, 0.2) is 12.3 Å². The monoisotopic (exact) mass is 324 g/mol. The van der Waals surface area contributed by atoms with E-state index in [1.54, 1.807) is 16.7 Å². The Morgan fingerprint density at radius 3 is 3.09 bits per heavy atom. The topological polar surface area (TPSA) is 105 Å². The number of carbonyl (C=O) groups is 3. The van der Waals surface area contributed by atoms with E-state index in [1.807, 2.05) is 6.92 Å². The van der Waals surface area contributed by atoms with E-state index in [0.29, 0.717) is 12.2 Å². The van der Waals surface area contributed by atoms with Gasteiger partial charge in [-0.25, -0.2) is 0 Å². The van der Waals surface area contributed by atoms with E-state index in [-0.39, 0.29) is 29.0 Å². The number of nitrogens with one attached hydrogen (secondary N) is 1. The molecule has 3 rings (SSSR count). The molecule has 0 radical (unpaired) electrons. The third-order valence-electron chi connectivity index (χ3n) is 3.94. The summed E-state index contributed by atoms with van der Waals surface area (Å²) in [5.74, 6) is -0.441. The summed E-state index contributed by atoms with van der Waals surface area (Å²) in [5, 5.41) is 15.3. The average molecular weight is 324 g/mol. The maximum Gasteiger partial charge on any atom is 0.325 e. The Hall–Kier alpha value is -2.03. The summed E-state index contributed by atoms with van der Waals surface area (Å²) in [6.07, 6.45) is 2.71. The molecule has 0 aliphatic carbocycles. The molecule has 0 bridgehead atoms. The highest BCUT2D eigenvalue weighted by atomic mass is 32.2. The van der Waals surface area contributed by atoms with Crippen molar-refractivity contribution in [2.24, 2.45) is 0 Å². The Morgan fingerprint density at radius 2 is 2.36 bits per heavy atom. The third-order valence-corrected chi connectivity index (χ3v) is 5.44. The lowest BCUT2D eigenvalue weighted by Gasteiger charge is -2.29. The van der Waals surface area contributed by atoms with Gasteiger partial charge in [0.25, 0.3) is 0 Å². The second-order valence-electron chi connectivity index (χ2n) is 5.55. The molecule has 2 aliphatic heterocycles. The van der Waals surface area contributed by atoms with Crippen molar-refractivity contribution in [2.75, 3.05) is 11.1 Å². The molecule has 0 unspecified atom stereocenters. The maximum atomic E-state index is 12.4. The van der Waals surface area contributed by atoms with Gasteiger partial charge in [-0.15, -0.1) is 11.8 Å². The molecule has 118 valence electrons. The van der Waals surface area contributed by atoms with Crippen LogP contribution in [0.4, 0.5) is 5.82 Å². The quantitative estimate of drug-likeness (QED) is 0.828. The molecule has 8 nitrogen and oxygen atoms in total. The minimum atomic E-state index is -1.01.